The largest absolute Gasteiger partial charge is 0.270 e. The Kier molecular flexibility index (Phi) is 3.05. The number of rotatable bonds is 2. The van der Waals surface area contributed by atoms with Crippen LogP contribution in [0.3, 0.4) is 0 Å². The van der Waals surface area contributed by atoms with E-state index in [-0.39, 0.29) is 0 Å². The van der Waals surface area contributed by atoms with Crippen molar-refractivity contribution in [3.63, 3.8) is 0 Å². The first-order chi connectivity index (χ1) is 7.99. The van der Waals surface area contributed by atoms with Crippen molar-refractivity contribution in [1.29, 1.82) is 0 Å². The number of hydrogen-bond donors (Lipinski definition) is 0. The van der Waals surface area contributed by atoms with Crippen molar-refractivity contribution in [2.75, 3.05) is 0 Å². The highest BCUT2D eigenvalue weighted by Gasteiger charge is 2.09. The summed E-state index contributed by atoms with van der Waals surface area (Å²) >= 11 is 0. The fraction of sp³-hybridized carbons (Fsp3) is 0.400. The molecule has 1 aromatic carbocycles. The van der Waals surface area contributed by atoms with E-state index in [4.69, 9.17) is 0 Å². The van der Waals surface area contributed by atoms with Gasteiger partial charge in [0, 0.05) is 17.8 Å². The lowest BCUT2D eigenvalue weighted by Crippen LogP contribution is -1.99. The molecule has 0 aliphatic carbocycles. The molecule has 0 amide bonds. The Hall–Kier alpha value is -1.57. The molecule has 0 saturated heterocycles. The molecule has 0 aliphatic heterocycles. The molecule has 2 heteroatoms. The van der Waals surface area contributed by atoms with E-state index < -0.39 is 0 Å². The first-order valence-electron chi connectivity index (χ1n) is 6.11. The van der Waals surface area contributed by atoms with Gasteiger partial charge in [0.25, 0.3) is 0 Å². The average Bonchev–Trinajstić information content (AvgIpc) is 2.65. The van der Waals surface area contributed by atoms with Crippen molar-refractivity contribution < 1.29 is 0 Å². The Morgan fingerprint density at radius 1 is 1.06 bits per heavy atom. The van der Waals surface area contributed by atoms with E-state index in [0.29, 0.717) is 6.04 Å². The molecule has 1 heterocycles. The molecule has 0 fully saturated rings. The van der Waals surface area contributed by atoms with Crippen LogP contribution < -0.4 is 0 Å². The van der Waals surface area contributed by atoms with Crippen LogP contribution in [0.4, 0.5) is 0 Å². The van der Waals surface area contributed by atoms with E-state index in [1.807, 2.05) is 10.9 Å². The topological polar surface area (TPSA) is 17.8 Å². The summed E-state index contributed by atoms with van der Waals surface area (Å²) in [5, 5.41) is 4.41. The molecule has 0 spiro atoms. The third-order valence-corrected chi connectivity index (χ3v) is 3.10. The van der Waals surface area contributed by atoms with Crippen LogP contribution in [-0.4, -0.2) is 9.78 Å². The molecule has 2 nitrogen and oxygen atoms in total. The van der Waals surface area contributed by atoms with Crippen LogP contribution in [0, 0.1) is 20.8 Å². The zero-order valence-corrected chi connectivity index (χ0v) is 11.3. The Morgan fingerprint density at radius 2 is 1.65 bits per heavy atom. The van der Waals surface area contributed by atoms with E-state index in [1.54, 1.807) is 0 Å². The van der Waals surface area contributed by atoms with Crippen LogP contribution in [0.5, 0.6) is 0 Å². The summed E-state index contributed by atoms with van der Waals surface area (Å²) in [6.45, 7) is 10.8. The first kappa shape index (κ1) is 11.9. The van der Waals surface area contributed by atoms with E-state index >= 15 is 0 Å². The molecule has 2 rings (SSSR count). The minimum atomic E-state index is 0.412. The van der Waals surface area contributed by atoms with Crippen LogP contribution in [0.2, 0.25) is 0 Å². The van der Waals surface area contributed by atoms with Crippen molar-refractivity contribution in [1.82, 2.24) is 9.78 Å². The number of hydrogen-bond acceptors (Lipinski definition) is 1. The van der Waals surface area contributed by atoms with Gasteiger partial charge in [-0.3, -0.25) is 4.68 Å². The second kappa shape index (κ2) is 4.36. The minimum absolute atomic E-state index is 0.412. The van der Waals surface area contributed by atoms with Crippen LogP contribution in [0.25, 0.3) is 11.1 Å². The van der Waals surface area contributed by atoms with Gasteiger partial charge < -0.3 is 0 Å². The lowest BCUT2D eigenvalue weighted by Gasteiger charge is -2.09. The van der Waals surface area contributed by atoms with Crippen LogP contribution in [0.15, 0.2) is 24.5 Å². The van der Waals surface area contributed by atoms with Crippen LogP contribution in [-0.2, 0) is 0 Å². The van der Waals surface area contributed by atoms with Gasteiger partial charge >= 0.3 is 0 Å². The monoisotopic (exact) mass is 228 g/mol. The van der Waals surface area contributed by atoms with Crippen molar-refractivity contribution in [3.05, 3.63) is 41.2 Å². The zero-order chi connectivity index (χ0) is 12.6. The summed E-state index contributed by atoms with van der Waals surface area (Å²) < 4.78 is 2.01. The van der Waals surface area contributed by atoms with Gasteiger partial charge in [-0.05, 0) is 51.3 Å². The molecular weight excluding hydrogens is 208 g/mol. The zero-order valence-electron chi connectivity index (χ0n) is 11.3. The molecule has 0 N–H and O–H groups in total. The molecule has 90 valence electrons. The summed E-state index contributed by atoms with van der Waals surface area (Å²) in [4.78, 5) is 0. The molecule has 2 aromatic rings. The fourth-order valence-electron chi connectivity index (χ4n) is 2.38. The van der Waals surface area contributed by atoms with Gasteiger partial charge in [-0.1, -0.05) is 17.7 Å². The maximum atomic E-state index is 4.41. The standard InChI is InChI=1S/C15H20N2/c1-10(2)17-9-14(8-16-17)15-12(4)6-11(3)7-13(15)5/h6-10H,1-5H3. The molecule has 1 aromatic heterocycles. The quantitative estimate of drug-likeness (QED) is 0.758. The summed E-state index contributed by atoms with van der Waals surface area (Å²) in [6.07, 6.45) is 4.10. The van der Waals surface area contributed by atoms with Crippen molar-refractivity contribution >= 4 is 0 Å². The summed E-state index contributed by atoms with van der Waals surface area (Å²) in [6, 6.07) is 4.87. The Bertz CT molecular complexity index is 513. The minimum Gasteiger partial charge on any atom is -0.270 e. The molecule has 17 heavy (non-hydrogen) atoms. The molecular formula is C15H20N2. The van der Waals surface area contributed by atoms with Crippen molar-refractivity contribution in [3.8, 4) is 11.1 Å². The number of benzene rings is 1. The lowest BCUT2D eigenvalue weighted by atomic mass is 9.96. The molecule has 0 unspecified atom stereocenters. The third kappa shape index (κ3) is 2.26. The highest BCUT2D eigenvalue weighted by atomic mass is 15.3. The molecule has 0 atom stereocenters. The molecule has 0 radical (unpaired) electrons. The predicted molar refractivity (Wildman–Crippen MR) is 72.3 cm³/mol. The number of aromatic nitrogens is 2. The highest BCUT2D eigenvalue weighted by Crippen LogP contribution is 2.28. The summed E-state index contributed by atoms with van der Waals surface area (Å²) in [5.74, 6) is 0. The Labute approximate surface area is 103 Å². The van der Waals surface area contributed by atoms with Gasteiger partial charge in [0.15, 0.2) is 0 Å². The van der Waals surface area contributed by atoms with Crippen molar-refractivity contribution in [2.45, 2.75) is 40.7 Å². The number of nitrogens with zero attached hydrogens (tertiary/aromatic N) is 2. The maximum absolute atomic E-state index is 4.41. The van der Waals surface area contributed by atoms with Gasteiger partial charge in [-0.2, -0.15) is 5.10 Å². The van der Waals surface area contributed by atoms with E-state index in [9.17, 15) is 0 Å². The third-order valence-electron chi connectivity index (χ3n) is 3.10. The summed E-state index contributed by atoms with van der Waals surface area (Å²) in [7, 11) is 0. The molecule has 0 bridgehead atoms. The van der Waals surface area contributed by atoms with E-state index in [2.05, 4.69) is 58.0 Å². The van der Waals surface area contributed by atoms with Gasteiger partial charge in [0.05, 0.1) is 6.20 Å². The first-order valence-corrected chi connectivity index (χ1v) is 6.11. The Morgan fingerprint density at radius 3 is 2.12 bits per heavy atom. The summed E-state index contributed by atoms with van der Waals surface area (Å²) in [5.41, 5.74) is 6.51. The normalized spacial score (nSPS) is 11.2. The maximum Gasteiger partial charge on any atom is 0.0568 e. The molecule has 0 aliphatic rings. The molecule has 0 saturated carbocycles. The van der Waals surface area contributed by atoms with E-state index in [1.165, 1.54) is 27.8 Å². The van der Waals surface area contributed by atoms with Crippen LogP contribution >= 0.6 is 0 Å². The van der Waals surface area contributed by atoms with Gasteiger partial charge in [0.2, 0.25) is 0 Å². The van der Waals surface area contributed by atoms with Gasteiger partial charge in [-0.15, -0.1) is 0 Å². The highest BCUT2D eigenvalue weighted by molar-refractivity contribution is 5.70. The van der Waals surface area contributed by atoms with E-state index in [0.717, 1.165) is 0 Å². The van der Waals surface area contributed by atoms with Crippen molar-refractivity contribution in [2.24, 2.45) is 0 Å². The second-order valence-corrected chi connectivity index (χ2v) is 5.08. The average molecular weight is 228 g/mol. The predicted octanol–water partition coefficient (Wildman–Crippen LogP) is 4.06. The fourth-order valence-corrected chi connectivity index (χ4v) is 2.38. The van der Waals surface area contributed by atoms with Crippen LogP contribution in [0.1, 0.15) is 36.6 Å². The lowest BCUT2D eigenvalue weighted by molar-refractivity contribution is 0.532. The second-order valence-electron chi connectivity index (χ2n) is 5.08. The number of aryl methyl sites for hydroxylation is 3. The van der Waals surface area contributed by atoms with Gasteiger partial charge in [0.1, 0.15) is 0 Å². The van der Waals surface area contributed by atoms with Gasteiger partial charge in [-0.25, -0.2) is 0 Å². The smallest absolute Gasteiger partial charge is 0.0568 e. The SMILES string of the molecule is Cc1cc(C)c(-c2cnn(C(C)C)c2)c(C)c1. The Balaban J connectivity index is 2.52.